The Morgan fingerprint density at radius 1 is 1.29 bits per heavy atom. The fraction of sp³-hybridized carbons (Fsp3) is 0.667. The van der Waals surface area contributed by atoms with Gasteiger partial charge in [-0.2, -0.15) is 0 Å². The number of guanidine groups is 1. The quantitative estimate of drug-likeness (QED) is 0.551. The lowest BCUT2D eigenvalue weighted by atomic mass is 9.80. The average molecular weight is 334 g/mol. The summed E-state index contributed by atoms with van der Waals surface area (Å²) < 4.78 is 5.19. The summed E-state index contributed by atoms with van der Waals surface area (Å²) in [5.74, 6) is 2.95. The SMILES string of the molecule is CN=C(NCC(=O)NCc1ccco1)NC1CCC(C(C)C)CC1. The van der Waals surface area contributed by atoms with Crippen LogP contribution >= 0.6 is 0 Å². The standard InChI is InChI=1S/C18H30N4O2/c1-13(2)14-6-8-15(9-7-14)22-18(19-3)21-12-17(23)20-11-16-5-4-10-24-16/h4-5,10,13-15H,6-9,11-12H2,1-3H3,(H,20,23)(H2,19,21,22). The number of carbonyl (C=O) groups excluding carboxylic acids is 1. The van der Waals surface area contributed by atoms with Crippen LogP contribution in [-0.2, 0) is 11.3 Å². The lowest BCUT2D eigenvalue weighted by molar-refractivity contribution is -0.120. The Balaban J connectivity index is 1.66. The highest BCUT2D eigenvalue weighted by Crippen LogP contribution is 2.29. The maximum Gasteiger partial charge on any atom is 0.239 e. The number of aliphatic imine (C=N–C) groups is 1. The maximum absolute atomic E-state index is 11.9. The van der Waals surface area contributed by atoms with E-state index in [1.165, 1.54) is 12.8 Å². The van der Waals surface area contributed by atoms with Gasteiger partial charge < -0.3 is 20.4 Å². The van der Waals surface area contributed by atoms with Crippen LogP contribution in [0.25, 0.3) is 0 Å². The highest BCUT2D eigenvalue weighted by Gasteiger charge is 2.23. The summed E-state index contributed by atoms with van der Waals surface area (Å²) >= 11 is 0. The Labute approximate surface area is 144 Å². The van der Waals surface area contributed by atoms with Crippen molar-refractivity contribution in [1.29, 1.82) is 0 Å². The van der Waals surface area contributed by atoms with Crippen LogP contribution in [0.2, 0.25) is 0 Å². The summed E-state index contributed by atoms with van der Waals surface area (Å²) in [6.45, 7) is 5.21. The number of carbonyl (C=O) groups is 1. The molecule has 0 atom stereocenters. The van der Waals surface area contributed by atoms with E-state index >= 15 is 0 Å². The molecule has 134 valence electrons. The number of amides is 1. The van der Waals surface area contributed by atoms with Gasteiger partial charge >= 0.3 is 0 Å². The van der Waals surface area contributed by atoms with Gasteiger partial charge in [-0.1, -0.05) is 13.8 Å². The first kappa shape index (κ1) is 18.4. The van der Waals surface area contributed by atoms with Crippen molar-refractivity contribution >= 4 is 11.9 Å². The van der Waals surface area contributed by atoms with Crippen LogP contribution in [0.3, 0.4) is 0 Å². The fourth-order valence-electron chi connectivity index (χ4n) is 3.14. The van der Waals surface area contributed by atoms with Crippen molar-refractivity contribution in [1.82, 2.24) is 16.0 Å². The van der Waals surface area contributed by atoms with Crippen LogP contribution in [0.15, 0.2) is 27.8 Å². The van der Waals surface area contributed by atoms with Crippen LogP contribution in [0.5, 0.6) is 0 Å². The second-order valence-electron chi connectivity index (χ2n) is 6.78. The smallest absolute Gasteiger partial charge is 0.239 e. The van der Waals surface area contributed by atoms with Crippen LogP contribution in [0.1, 0.15) is 45.3 Å². The molecule has 1 fully saturated rings. The Bertz CT molecular complexity index is 517. The molecule has 6 heteroatoms. The minimum atomic E-state index is -0.0853. The van der Waals surface area contributed by atoms with E-state index in [1.807, 2.05) is 6.07 Å². The lowest BCUT2D eigenvalue weighted by Crippen LogP contribution is -2.47. The first-order valence-electron chi connectivity index (χ1n) is 8.84. The molecule has 1 heterocycles. The Kier molecular flexibility index (Phi) is 7.15. The van der Waals surface area contributed by atoms with Gasteiger partial charge in [0, 0.05) is 13.1 Å². The van der Waals surface area contributed by atoms with E-state index in [1.54, 1.807) is 19.4 Å². The zero-order chi connectivity index (χ0) is 17.4. The van der Waals surface area contributed by atoms with Gasteiger partial charge in [0.1, 0.15) is 5.76 Å². The van der Waals surface area contributed by atoms with Crippen molar-refractivity contribution in [3.63, 3.8) is 0 Å². The molecule has 1 aliphatic carbocycles. The minimum Gasteiger partial charge on any atom is -0.467 e. The summed E-state index contributed by atoms with van der Waals surface area (Å²) in [4.78, 5) is 16.1. The number of hydrogen-bond acceptors (Lipinski definition) is 3. The Morgan fingerprint density at radius 3 is 2.62 bits per heavy atom. The van der Waals surface area contributed by atoms with Gasteiger partial charge in [0.05, 0.1) is 19.4 Å². The molecule has 0 aromatic carbocycles. The van der Waals surface area contributed by atoms with E-state index in [4.69, 9.17) is 4.42 Å². The monoisotopic (exact) mass is 334 g/mol. The molecule has 3 N–H and O–H groups in total. The topological polar surface area (TPSA) is 78.7 Å². The normalized spacial score (nSPS) is 21.6. The molecule has 1 saturated carbocycles. The van der Waals surface area contributed by atoms with E-state index in [-0.39, 0.29) is 12.5 Å². The molecule has 6 nitrogen and oxygen atoms in total. The van der Waals surface area contributed by atoms with Crippen molar-refractivity contribution in [2.24, 2.45) is 16.8 Å². The van der Waals surface area contributed by atoms with Crippen molar-refractivity contribution in [3.05, 3.63) is 24.2 Å². The molecule has 0 saturated heterocycles. The fourth-order valence-corrected chi connectivity index (χ4v) is 3.14. The number of nitrogens with zero attached hydrogens (tertiary/aromatic N) is 1. The summed E-state index contributed by atoms with van der Waals surface area (Å²) in [6, 6.07) is 4.08. The van der Waals surface area contributed by atoms with Gasteiger partial charge in [-0.05, 0) is 49.7 Å². The van der Waals surface area contributed by atoms with Gasteiger partial charge in [-0.25, -0.2) is 0 Å². The zero-order valence-corrected chi connectivity index (χ0v) is 15.0. The molecular weight excluding hydrogens is 304 g/mol. The molecule has 1 aromatic rings. The first-order chi connectivity index (χ1) is 11.6. The van der Waals surface area contributed by atoms with Crippen molar-refractivity contribution in [2.45, 2.75) is 52.1 Å². The van der Waals surface area contributed by atoms with Gasteiger partial charge in [0.2, 0.25) is 5.91 Å². The molecule has 0 spiro atoms. The molecule has 0 bridgehead atoms. The summed E-state index contributed by atoms with van der Waals surface area (Å²) in [5, 5.41) is 9.32. The molecule has 2 rings (SSSR count). The van der Waals surface area contributed by atoms with Crippen LogP contribution in [-0.4, -0.2) is 31.5 Å². The van der Waals surface area contributed by atoms with Crippen molar-refractivity contribution < 1.29 is 9.21 Å². The zero-order valence-electron chi connectivity index (χ0n) is 15.0. The summed E-state index contributed by atoms with van der Waals surface area (Å²) in [6.07, 6.45) is 6.44. The molecular formula is C18H30N4O2. The van der Waals surface area contributed by atoms with Crippen molar-refractivity contribution in [3.8, 4) is 0 Å². The maximum atomic E-state index is 11.9. The van der Waals surface area contributed by atoms with Crippen LogP contribution in [0, 0.1) is 11.8 Å². The van der Waals surface area contributed by atoms with E-state index in [0.717, 1.165) is 30.4 Å². The molecule has 1 aliphatic rings. The largest absolute Gasteiger partial charge is 0.467 e. The summed E-state index contributed by atoms with van der Waals surface area (Å²) in [5.41, 5.74) is 0. The number of nitrogens with one attached hydrogen (secondary N) is 3. The van der Waals surface area contributed by atoms with E-state index in [9.17, 15) is 4.79 Å². The number of furan rings is 1. The molecule has 0 unspecified atom stereocenters. The van der Waals surface area contributed by atoms with Gasteiger partial charge in [-0.15, -0.1) is 0 Å². The average Bonchev–Trinajstić information content (AvgIpc) is 3.10. The molecule has 24 heavy (non-hydrogen) atoms. The highest BCUT2D eigenvalue weighted by atomic mass is 16.3. The second-order valence-corrected chi connectivity index (χ2v) is 6.78. The minimum absolute atomic E-state index is 0.0853. The molecule has 1 aromatic heterocycles. The van der Waals surface area contributed by atoms with Gasteiger partial charge in [0.15, 0.2) is 5.96 Å². The predicted molar refractivity (Wildman–Crippen MR) is 95.6 cm³/mol. The third-order valence-electron chi connectivity index (χ3n) is 4.74. The number of hydrogen-bond donors (Lipinski definition) is 3. The predicted octanol–water partition coefficient (Wildman–Crippen LogP) is 2.28. The molecule has 1 amide bonds. The number of rotatable bonds is 6. The lowest BCUT2D eigenvalue weighted by Gasteiger charge is -2.32. The first-order valence-corrected chi connectivity index (χ1v) is 8.84. The van der Waals surface area contributed by atoms with Crippen LogP contribution < -0.4 is 16.0 Å². The van der Waals surface area contributed by atoms with E-state index in [2.05, 4.69) is 34.8 Å². The van der Waals surface area contributed by atoms with Crippen molar-refractivity contribution in [2.75, 3.05) is 13.6 Å². The highest BCUT2D eigenvalue weighted by molar-refractivity contribution is 5.86. The molecule has 0 aliphatic heterocycles. The van der Waals surface area contributed by atoms with Gasteiger partial charge in [0.25, 0.3) is 0 Å². The Hall–Kier alpha value is -1.98. The van der Waals surface area contributed by atoms with Crippen LogP contribution in [0.4, 0.5) is 0 Å². The van der Waals surface area contributed by atoms with E-state index < -0.39 is 0 Å². The molecule has 0 radical (unpaired) electrons. The van der Waals surface area contributed by atoms with E-state index in [0.29, 0.717) is 18.5 Å². The summed E-state index contributed by atoms with van der Waals surface area (Å²) in [7, 11) is 1.73. The second kappa shape index (κ2) is 9.35. The Morgan fingerprint density at radius 2 is 2.04 bits per heavy atom. The third kappa shape index (κ3) is 5.91. The van der Waals surface area contributed by atoms with Gasteiger partial charge in [-0.3, -0.25) is 9.79 Å². The third-order valence-corrected chi connectivity index (χ3v) is 4.74.